The Balaban J connectivity index is 2.33. The molecule has 0 spiro atoms. The van der Waals surface area contributed by atoms with Gasteiger partial charge in [-0.3, -0.25) is 14.9 Å². The van der Waals surface area contributed by atoms with Crippen molar-refractivity contribution in [3.63, 3.8) is 0 Å². The van der Waals surface area contributed by atoms with Gasteiger partial charge in [0.15, 0.2) is 0 Å². The van der Waals surface area contributed by atoms with Crippen molar-refractivity contribution in [1.29, 1.82) is 0 Å². The first-order chi connectivity index (χ1) is 10.0. The molecule has 8 nitrogen and oxygen atoms in total. The van der Waals surface area contributed by atoms with Crippen LogP contribution in [-0.4, -0.2) is 22.9 Å². The van der Waals surface area contributed by atoms with Crippen LogP contribution in [0.3, 0.4) is 0 Å². The first-order valence-electron chi connectivity index (χ1n) is 5.87. The highest BCUT2D eigenvalue weighted by atomic mass is 16.6. The van der Waals surface area contributed by atoms with E-state index in [4.69, 9.17) is 10.5 Å². The summed E-state index contributed by atoms with van der Waals surface area (Å²) in [5.74, 6) is -0.208. The van der Waals surface area contributed by atoms with Crippen LogP contribution < -0.4 is 15.8 Å². The molecule has 2 rings (SSSR count). The van der Waals surface area contributed by atoms with Gasteiger partial charge in [0.1, 0.15) is 17.3 Å². The third-order valence-electron chi connectivity index (χ3n) is 2.73. The summed E-state index contributed by atoms with van der Waals surface area (Å²) in [5, 5.41) is 13.5. The fourth-order valence-corrected chi connectivity index (χ4v) is 1.69. The van der Waals surface area contributed by atoms with Gasteiger partial charge in [0.2, 0.25) is 0 Å². The minimum absolute atomic E-state index is 0.0474. The minimum atomic E-state index is -0.606. The fourth-order valence-electron chi connectivity index (χ4n) is 1.69. The average molecular weight is 288 g/mol. The van der Waals surface area contributed by atoms with Gasteiger partial charge >= 0.3 is 0 Å². The molecule has 1 aromatic carbocycles. The van der Waals surface area contributed by atoms with Crippen molar-refractivity contribution in [2.45, 2.75) is 0 Å². The van der Waals surface area contributed by atoms with E-state index >= 15 is 0 Å². The second-order valence-corrected chi connectivity index (χ2v) is 4.03. The van der Waals surface area contributed by atoms with Crippen LogP contribution in [0.25, 0.3) is 0 Å². The number of pyridine rings is 1. The Labute approximate surface area is 119 Å². The molecule has 0 atom stereocenters. The molecule has 1 heterocycles. The first-order valence-corrected chi connectivity index (χ1v) is 5.87. The van der Waals surface area contributed by atoms with Gasteiger partial charge in [0.25, 0.3) is 11.6 Å². The summed E-state index contributed by atoms with van der Waals surface area (Å²) in [6, 6.07) is 7.15. The molecule has 3 N–H and O–H groups in total. The van der Waals surface area contributed by atoms with E-state index in [1.54, 1.807) is 6.07 Å². The number of nitro benzene ring substituents is 1. The summed E-state index contributed by atoms with van der Waals surface area (Å²) < 4.78 is 4.92. The number of nitrogens with zero attached hydrogens (tertiary/aromatic N) is 2. The van der Waals surface area contributed by atoms with E-state index in [1.165, 1.54) is 37.6 Å². The lowest BCUT2D eigenvalue weighted by atomic mass is 10.2. The van der Waals surface area contributed by atoms with Gasteiger partial charge in [-0.05, 0) is 24.3 Å². The lowest BCUT2D eigenvalue weighted by molar-refractivity contribution is -0.384. The Bertz CT molecular complexity index is 702. The summed E-state index contributed by atoms with van der Waals surface area (Å²) in [6.45, 7) is 0. The number of amides is 1. The van der Waals surface area contributed by atoms with Crippen LogP contribution in [0, 0.1) is 10.1 Å². The zero-order valence-electron chi connectivity index (χ0n) is 11.1. The molecule has 0 aliphatic carbocycles. The molecule has 1 aromatic heterocycles. The van der Waals surface area contributed by atoms with Gasteiger partial charge in [0.05, 0.1) is 23.7 Å². The van der Waals surface area contributed by atoms with Crippen molar-refractivity contribution in [1.82, 2.24) is 4.98 Å². The summed E-state index contributed by atoms with van der Waals surface area (Å²) >= 11 is 0. The van der Waals surface area contributed by atoms with Gasteiger partial charge in [-0.2, -0.15) is 0 Å². The Morgan fingerprint density at radius 1 is 1.43 bits per heavy atom. The quantitative estimate of drug-likeness (QED) is 0.654. The van der Waals surface area contributed by atoms with Gasteiger partial charge < -0.3 is 15.8 Å². The standard InChI is InChI=1S/C13H12N4O4/c1-21-8-4-5-10(11(7-8)17(19)20)16-13(18)9-3-2-6-15-12(9)14/h2-7H,1H3,(H2,14,15)(H,16,18). The number of hydrogen-bond acceptors (Lipinski definition) is 6. The Hall–Kier alpha value is -3.16. The largest absolute Gasteiger partial charge is 0.496 e. The van der Waals surface area contributed by atoms with Crippen molar-refractivity contribution in [3.8, 4) is 5.75 Å². The number of aromatic nitrogens is 1. The lowest BCUT2D eigenvalue weighted by Gasteiger charge is -2.08. The van der Waals surface area contributed by atoms with Crippen molar-refractivity contribution >= 4 is 23.1 Å². The average Bonchev–Trinajstić information content (AvgIpc) is 2.47. The summed E-state index contributed by atoms with van der Waals surface area (Å²) in [6.07, 6.45) is 1.45. The van der Waals surface area contributed by atoms with Crippen LogP contribution in [0.2, 0.25) is 0 Å². The van der Waals surface area contributed by atoms with Crippen LogP contribution in [0.5, 0.6) is 5.75 Å². The fraction of sp³-hybridized carbons (Fsp3) is 0.0769. The number of carbonyl (C=O) groups is 1. The number of nitro groups is 1. The number of nitrogens with two attached hydrogens (primary N) is 1. The highest BCUT2D eigenvalue weighted by molar-refractivity contribution is 6.08. The van der Waals surface area contributed by atoms with E-state index in [-0.39, 0.29) is 22.8 Å². The second kappa shape index (κ2) is 5.87. The normalized spacial score (nSPS) is 9.95. The SMILES string of the molecule is COc1ccc(NC(=O)c2cccnc2N)c([N+](=O)[O-])c1. The van der Waals surface area contributed by atoms with Crippen LogP contribution in [-0.2, 0) is 0 Å². The predicted molar refractivity (Wildman–Crippen MR) is 76.3 cm³/mol. The maximum atomic E-state index is 12.1. The molecular weight excluding hydrogens is 276 g/mol. The number of hydrogen-bond donors (Lipinski definition) is 2. The van der Waals surface area contributed by atoms with Crippen molar-refractivity contribution < 1.29 is 14.5 Å². The topological polar surface area (TPSA) is 120 Å². The van der Waals surface area contributed by atoms with Crippen LogP contribution in [0.4, 0.5) is 17.2 Å². The summed E-state index contributed by atoms with van der Waals surface area (Å²) in [4.78, 5) is 26.3. The Kier molecular flexibility index (Phi) is 3.98. The highest BCUT2D eigenvalue weighted by Gasteiger charge is 2.19. The summed E-state index contributed by atoms with van der Waals surface area (Å²) in [5.41, 5.74) is 5.51. The molecule has 0 aliphatic rings. The Morgan fingerprint density at radius 2 is 2.19 bits per heavy atom. The number of rotatable bonds is 4. The monoisotopic (exact) mass is 288 g/mol. The van der Waals surface area contributed by atoms with E-state index in [9.17, 15) is 14.9 Å². The number of anilines is 2. The molecular formula is C13H12N4O4. The molecule has 1 amide bonds. The molecule has 0 fully saturated rings. The van der Waals surface area contributed by atoms with Gasteiger partial charge in [-0.1, -0.05) is 0 Å². The van der Waals surface area contributed by atoms with Gasteiger partial charge in [-0.15, -0.1) is 0 Å². The van der Waals surface area contributed by atoms with E-state index in [0.717, 1.165) is 0 Å². The molecule has 0 bridgehead atoms. The van der Waals surface area contributed by atoms with E-state index in [1.807, 2.05) is 0 Å². The lowest BCUT2D eigenvalue weighted by Crippen LogP contribution is -2.15. The van der Waals surface area contributed by atoms with Crippen LogP contribution in [0.15, 0.2) is 36.5 Å². The summed E-state index contributed by atoms with van der Waals surface area (Å²) in [7, 11) is 1.40. The zero-order chi connectivity index (χ0) is 15.4. The van der Waals surface area contributed by atoms with E-state index in [2.05, 4.69) is 10.3 Å². The van der Waals surface area contributed by atoms with Crippen LogP contribution >= 0.6 is 0 Å². The van der Waals surface area contributed by atoms with Gasteiger partial charge in [-0.25, -0.2) is 4.98 Å². The van der Waals surface area contributed by atoms with E-state index < -0.39 is 10.8 Å². The number of ether oxygens (including phenoxy) is 1. The third-order valence-corrected chi connectivity index (χ3v) is 2.73. The number of nitrogens with one attached hydrogen (secondary N) is 1. The van der Waals surface area contributed by atoms with Crippen molar-refractivity contribution in [3.05, 3.63) is 52.2 Å². The molecule has 21 heavy (non-hydrogen) atoms. The highest BCUT2D eigenvalue weighted by Crippen LogP contribution is 2.29. The predicted octanol–water partition coefficient (Wildman–Crippen LogP) is 1.83. The number of carbonyl (C=O) groups excluding carboxylic acids is 1. The zero-order valence-corrected chi connectivity index (χ0v) is 11.1. The molecule has 0 radical (unpaired) electrons. The molecule has 0 saturated heterocycles. The first kappa shape index (κ1) is 14.3. The van der Waals surface area contributed by atoms with E-state index in [0.29, 0.717) is 5.75 Å². The maximum Gasteiger partial charge on any atom is 0.296 e. The van der Waals surface area contributed by atoms with Gasteiger partial charge in [0, 0.05) is 6.20 Å². The molecule has 8 heteroatoms. The minimum Gasteiger partial charge on any atom is -0.496 e. The van der Waals surface area contributed by atoms with Crippen LogP contribution in [0.1, 0.15) is 10.4 Å². The smallest absolute Gasteiger partial charge is 0.296 e. The maximum absolute atomic E-state index is 12.1. The molecule has 0 saturated carbocycles. The number of nitrogen functional groups attached to an aromatic ring is 1. The number of methoxy groups -OCH3 is 1. The third kappa shape index (κ3) is 3.06. The van der Waals surface area contributed by atoms with Crippen molar-refractivity contribution in [2.75, 3.05) is 18.2 Å². The number of benzene rings is 1. The second-order valence-electron chi connectivity index (χ2n) is 4.03. The molecule has 2 aromatic rings. The molecule has 108 valence electrons. The van der Waals surface area contributed by atoms with Crippen molar-refractivity contribution in [2.24, 2.45) is 0 Å². The molecule has 0 aliphatic heterocycles. The Morgan fingerprint density at radius 3 is 2.81 bits per heavy atom. The molecule has 0 unspecified atom stereocenters.